The molecule has 3 rings (SSSR count). The fourth-order valence-corrected chi connectivity index (χ4v) is 3.48. The topological polar surface area (TPSA) is 24.0 Å². The van der Waals surface area contributed by atoms with Crippen LogP contribution in [0.3, 0.4) is 0 Å². The number of nitrogens with zero attached hydrogens (tertiary/aromatic N) is 2. The Morgan fingerprint density at radius 3 is 2.91 bits per heavy atom. The van der Waals surface area contributed by atoms with Crippen LogP contribution in [0.4, 0.5) is 4.39 Å². The van der Waals surface area contributed by atoms with Crippen LogP contribution < -0.4 is 0 Å². The number of halogens is 1. The van der Waals surface area contributed by atoms with E-state index in [1.165, 1.54) is 6.07 Å². The van der Waals surface area contributed by atoms with Crippen LogP contribution in [0.15, 0.2) is 24.8 Å². The molecule has 2 heterocycles. The lowest BCUT2D eigenvalue weighted by molar-refractivity contribution is 0.144. The van der Waals surface area contributed by atoms with Crippen LogP contribution in [0.2, 0.25) is 0 Å². The van der Waals surface area contributed by atoms with Crippen LogP contribution in [-0.2, 0) is 13.1 Å². The number of imidazole rings is 1. The molecule has 0 unspecified atom stereocenters. The monoisotopic (exact) mass is 319 g/mol. The van der Waals surface area contributed by atoms with E-state index in [0.29, 0.717) is 10.8 Å². The van der Waals surface area contributed by atoms with Gasteiger partial charge in [0, 0.05) is 25.7 Å². The fourth-order valence-electron chi connectivity index (χ4n) is 3.20. The minimum atomic E-state index is -0.219. The van der Waals surface area contributed by atoms with Gasteiger partial charge in [-0.05, 0) is 42.3 Å². The maximum Gasteiger partial charge on any atom is 0.178 e. The summed E-state index contributed by atoms with van der Waals surface area (Å²) in [5.74, 6) is -0.219. The number of hydrogen-bond acceptors (Lipinski definition) is 2. The van der Waals surface area contributed by atoms with Crippen molar-refractivity contribution in [2.75, 3.05) is 6.54 Å². The van der Waals surface area contributed by atoms with Crippen LogP contribution >= 0.6 is 12.2 Å². The molecule has 1 aliphatic heterocycles. The fraction of sp³-hybridized carbons (Fsp3) is 0.471. The molecule has 0 spiro atoms. The number of nitrogens with one attached hydrogen (secondary N) is 1. The van der Waals surface area contributed by atoms with Gasteiger partial charge in [0.15, 0.2) is 4.77 Å². The smallest absolute Gasteiger partial charge is 0.178 e. The third-order valence-electron chi connectivity index (χ3n) is 4.52. The van der Waals surface area contributed by atoms with Crippen LogP contribution in [0.1, 0.15) is 26.3 Å². The molecule has 0 saturated heterocycles. The van der Waals surface area contributed by atoms with E-state index in [1.807, 2.05) is 6.08 Å². The third kappa shape index (κ3) is 2.63. The SMILES string of the molecule is C=CC(C)(C)CN1Cc2cc(F)cc3[nH]c(=S)n(c23)C[C@@H]1C. The predicted molar refractivity (Wildman–Crippen MR) is 90.9 cm³/mol. The largest absolute Gasteiger partial charge is 0.330 e. The molecule has 0 radical (unpaired) electrons. The van der Waals surface area contributed by atoms with Gasteiger partial charge in [-0.1, -0.05) is 19.9 Å². The predicted octanol–water partition coefficient (Wildman–Crippen LogP) is 4.25. The van der Waals surface area contributed by atoms with E-state index in [-0.39, 0.29) is 11.2 Å². The Hall–Kier alpha value is -1.46. The summed E-state index contributed by atoms with van der Waals surface area (Å²) in [5.41, 5.74) is 2.84. The first-order chi connectivity index (χ1) is 10.3. The van der Waals surface area contributed by atoms with Crippen molar-refractivity contribution in [2.45, 2.75) is 39.9 Å². The van der Waals surface area contributed by atoms with Gasteiger partial charge in [0.1, 0.15) is 5.82 Å². The summed E-state index contributed by atoms with van der Waals surface area (Å²) in [4.78, 5) is 5.51. The number of benzene rings is 1. The summed E-state index contributed by atoms with van der Waals surface area (Å²) in [6, 6.07) is 3.48. The number of H-pyrrole nitrogens is 1. The first kappa shape index (κ1) is 15.4. The molecule has 1 aliphatic rings. The van der Waals surface area contributed by atoms with Crippen LogP contribution in [-0.4, -0.2) is 27.0 Å². The first-order valence-corrected chi connectivity index (χ1v) is 8.00. The molecule has 2 aromatic rings. The van der Waals surface area contributed by atoms with E-state index in [9.17, 15) is 4.39 Å². The quantitative estimate of drug-likeness (QED) is 0.675. The Balaban J connectivity index is 2.09. The zero-order valence-electron chi connectivity index (χ0n) is 13.3. The minimum Gasteiger partial charge on any atom is -0.330 e. The van der Waals surface area contributed by atoms with Crippen LogP contribution in [0.5, 0.6) is 0 Å². The van der Waals surface area contributed by atoms with Gasteiger partial charge in [0.05, 0.1) is 11.0 Å². The van der Waals surface area contributed by atoms with Crippen LogP contribution in [0.25, 0.3) is 11.0 Å². The van der Waals surface area contributed by atoms with Crippen molar-refractivity contribution in [3.63, 3.8) is 0 Å². The molecule has 1 atom stereocenters. The molecular weight excluding hydrogens is 297 g/mol. The highest BCUT2D eigenvalue weighted by molar-refractivity contribution is 7.71. The number of aromatic amines is 1. The van der Waals surface area contributed by atoms with Crippen LogP contribution in [0, 0.1) is 16.0 Å². The van der Waals surface area contributed by atoms with Gasteiger partial charge in [0.25, 0.3) is 0 Å². The van der Waals surface area contributed by atoms with Crippen molar-refractivity contribution >= 4 is 23.3 Å². The average molecular weight is 319 g/mol. The van der Waals surface area contributed by atoms with Gasteiger partial charge in [-0.25, -0.2) is 4.39 Å². The normalized spacial score (nSPS) is 19.4. The van der Waals surface area contributed by atoms with Gasteiger partial charge < -0.3 is 9.55 Å². The van der Waals surface area contributed by atoms with Gasteiger partial charge >= 0.3 is 0 Å². The zero-order chi connectivity index (χ0) is 16.1. The van der Waals surface area contributed by atoms with Crippen molar-refractivity contribution in [3.8, 4) is 0 Å². The van der Waals surface area contributed by atoms with Crippen molar-refractivity contribution in [1.82, 2.24) is 14.5 Å². The zero-order valence-corrected chi connectivity index (χ0v) is 14.1. The summed E-state index contributed by atoms with van der Waals surface area (Å²) in [6.07, 6.45) is 1.98. The van der Waals surface area contributed by atoms with Gasteiger partial charge in [-0.2, -0.15) is 0 Å². The van der Waals surface area contributed by atoms with E-state index in [0.717, 1.165) is 36.2 Å². The lowest BCUT2D eigenvalue weighted by Crippen LogP contribution is -2.40. The van der Waals surface area contributed by atoms with E-state index >= 15 is 0 Å². The lowest BCUT2D eigenvalue weighted by atomic mass is 9.92. The molecule has 0 saturated carbocycles. The molecule has 0 aliphatic carbocycles. The van der Waals surface area contributed by atoms with E-state index in [4.69, 9.17) is 12.2 Å². The highest BCUT2D eigenvalue weighted by atomic mass is 32.1. The molecule has 0 bridgehead atoms. The average Bonchev–Trinajstić information content (AvgIpc) is 2.65. The molecule has 5 heteroatoms. The summed E-state index contributed by atoms with van der Waals surface area (Å²) >= 11 is 5.42. The van der Waals surface area contributed by atoms with Gasteiger partial charge in [-0.15, -0.1) is 6.58 Å². The van der Waals surface area contributed by atoms with Crippen molar-refractivity contribution in [1.29, 1.82) is 0 Å². The Bertz CT molecular complexity index is 787. The first-order valence-electron chi connectivity index (χ1n) is 7.59. The maximum absolute atomic E-state index is 13.9. The van der Waals surface area contributed by atoms with Crippen molar-refractivity contribution < 1.29 is 4.39 Å². The van der Waals surface area contributed by atoms with Crippen molar-refractivity contribution in [3.05, 3.63) is 40.9 Å². The molecule has 22 heavy (non-hydrogen) atoms. The molecule has 1 aromatic carbocycles. The molecule has 3 nitrogen and oxygen atoms in total. The molecular formula is C17H22FN3S. The lowest BCUT2D eigenvalue weighted by Gasteiger charge is -2.33. The Morgan fingerprint density at radius 1 is 1.50 bits per heavy atom. The van der Waals surface area contributed by atoms with E-state index in [2.05, 4.69) is 41.8 Å². The van der Waals surface area contributed by atoms with Gasteiger partial charge in [0.2, 0.25) is 0 Å². The standard InChI is InChI=1S/C17H22FN3S/c1-5-17(3,4)10-20-9-12-6-13(18)7-14-15(12)21(8-11(20)2)16(22)19-14/h5-7,11H,1,8-10H2,2-4H3,(H,19,22)/t11-/m0/s1. The Morgan fingerprint density at radius 2 is 2.23 bits per heavy atom. The van der Waals surface area contributed by atoms with E-state index in [1.54, 1.807) is 6.07 Å². The summed E-state index contributed by atoms with van der Waals surface area (Å²) in [7, 11) is 0. The highest BCUT2D eigenvalue weighted by Crippen LogP contribution is 2.29. The summed E-state index contributed by atoms with van der Waals surface area (Å²) in [6.45, 7) is 12.9. The number of hydrogen-bond donors (Lipinski definition) is 1. The van der Waals surface area contributed by atoms with Crippen molar-refractivity contribution in [2.24, 2.45) is 5.41 Å². The summed E-state index contributed by atoms with van der Waals surface area (Å²) < 4.78 is 16.7. The number of rotatable bonds is 3. The van der Waals surface area contributed by atoms with E-state index < -0.39 is 0 Å². The molecule has 0 amide bonds. The van der Waals surface area contributed by atoms with Gasteiger partial charge in [-0.3, -0.25) is 4.90 Å². The number of aromatic nitrogens is 2. The Labute approximate surface area is 135 Å². The molecule has 1 N–H and O–H groups in total. The third-order valence-corrected chi connectivity index (χ3v) is 4.84. The second-order valence-corrected chi connectivity index (χ2v) is 7.34. The minimum absolute atomic E-state index is 0.0165. The molecule has 0 fully saturated rings. The molecule has 118 valence electrons. The molecule has 1 aromatic heterocycles. The second-order valence-electron chi connectivity index (χ2n) is 6.95. The second kappa shape index (κ2) is 5.32. The Kier molecular flexibility index (Phi) is 3.73. The maximum atomic E-state index is 13.9. The summed E-state index contributed by atoms with van der Waals surface area (Å²) in [5, 5.41) is 0. The highest BCUT2D eigenvalue weighted by Gasteiger charge is 2.27.